The van der Waals surface area contributed by atoms with Crippen molar-refractivity contribution in [2.45, 2.75) is 43.4 Å². The van der Waals surface area contributed by atoms with E-state index < -0.39 is 25.4 Å². The van der Waals surface area contributed by atoms with E-state index in [4.69, 9.17) is 4.74 Å². The largest absolute Gasteiger partial charge is 0.480 e. The third-order valence-electron chi connectivity index (χ3n) is 4.75. The number of carbonyl (C=O) groups is 1. The van der Waals surface area contributed by atoms with Gasteiger partial charge in [-0.1, -0.05) is 13.8 Å². The summed E-state index contributed by atoms with van der Waals surface area (Å²) >= 11 is 1.51. The SMILES string of the molecule is CC(C)Sc1ccc(OC(F)F)c(-c2nn(CC(=O)O)cc2NC(O)c2cnn3cccnc23)c1. The number of hydrogen-bond donors (Lipinski definition) is 3. The summed E-state index contributed by atoms with van der Waals surface area (Å²) in [6.45, 7) is 0.422. The summed E-state index contributed by atoms with van der Waals surface area (Å²) < 4.78 is 33.6. The molecule has 13 heteroatoms. The molecule has 0 aliphatic rings. The van der Waals surface area contributed by atoms with Crippen LogP contribution in [0.1, 0.15) is 25.6 Å². The van der Waals surface area contributed by atoms with Crippen LogP contribution in [0.3, 0.4) is 0 Å². The van der Waals surface area contributed by atoms with Crippen LogP contribution in [0.25, 0.3) is 16.9 Å². The Bertz CT molecular complexity index is 1340. The van der Waals surface area contributed by atoms with Gasteiger partial charge in [-0.05, 0) is 24.3 Å². The summed E-state index contributed by atoms with van der Waals surface area (Å²) in [5.41, 5.74) is 1.32. The van der Waals surface area contributed by atoms with Crippen molar-refractivity contribution >= 4 is 29.1 Å². The lowest BCUT2D eigenvalue weighted by Gasteiger charge is -2.15. The highest BCUT2D eigenvalue weighted by Crippen LogP contribution is 2.39. The second-order valence-electron chi connectivity index (χ2n) is 7.72. The molecule has 35 heavy (non-hydrogen) atoms. The van der Waals surface area contributed by atoms with Gasteiger partial charge in [0, 0.05) is 34.3 Å². The van der Waals surface area contributed by atoms with E-state index in [2.05, 4.69) is 20.5 Å². The van der Waals surface area contributed by atoms with Gasteiger partial charge in [0.15, 0.2) is 11.9 Å². The molecular formula is C22H22F2N6O4S. The van der Waals surface area contributed by atoms with Gasteiger partial charge in [0.1, 0.15) is 18.0 Å². The second-order valence-corrected chi connectivity index (χ2v) is 9.37. The molecule has 4 rings (SSSR count). The maximum Gasteiger partial charge on any atom is 0.387 e. The number of hydrogen-bond acceptors (Lipinski definition) is 8. The second kappa shape index (κ2) is 10.3. The lowest BCUT2D eigenvalue weighted by molar-refractivity contribution is -0.137. The molecule has 0 saturated heterocycles. The van der Waals surface area contributed by atoms with Crippen LogP contribution in [0, 0.1) is 0 Å². The van der Waals surface area contributed by atoms with Crippen LogP contribution in [0.4, 0.5) is 14.5 Å². The highest BCUT2D eigenvalue weighted by Gasteiger charge is 2.23. The number of rotatable bonds is 10. The fourth-order valence-corrected chi connectivity index (χ4v) is 4.32. The lowest BCUT2D eigenvalue weighted by Crippen LogP contribution is -2.10. The summed E-state index contributed by atoms with van der Waals surface area (Å²) in [4.78, 5) is 16.3. The van der Waals surface area contributed by atoms with Gasteiger partial charge in [-0.25, -0.2) is 9.50 Å². The van der Waals surface area contributed by atoms with Gasteiger partial charge in [-0.2, -0.15) is 19.0 Å². The van der Waals surface area contributed by atoms with Gasteiger partial charge < -0.3 is 20.3 Å². The van der Waals surface area contributed by atoms with Crippen LogP contribution in [-0.2, 0) is 11.3 Å². The van der Waals surface area contributed by atoms with Crippen molar-refractivity contribution in [2.75, 3.05) is 5.32 Å². The Morgan fingerprint density at radius 3 is 2.83 bits per heavy atom. The minimum absolute atomic E-state index is 0.135. The van der Waals surface area contributed by atoms with E-state index in [1.165, 1.54) is 34.7 Å². The third-order valence-corrected chi connectivity index (χ3v) is 5.74. The van der Waals surface area contributed by atoms with Crippen molar-refractivity contribution < 1.29 is 28.5 Å². The average molecular weight is 505 g/mol. The molecule has 3 heterocycles. The fraction of sp³-hybridized carbons (Fsp3) is 0.273. The van der Waals surface area contributed by atoms with Crippen molar-refractivity contribution in [3.8, 4) is 17.0 Å². The molecule has 0 aliphatic carbocycles. The van der Waals surface area contributed by atoms with Gasteiger partial charge in [0.05, 0.1) is 17.4 Å². The maximum absolute atomic E-state index is 13.1. The molecule has 0 spiro atoms. The van der Waals surface area contributed by atoms with Gasteiger partial charge in [0.25, 0.3) is 0 Å². The van der Waals surface area contributed by atoms with Crippen LogP contribution in [0.15, 0.2) is 53.9 Å². The summed E-state index contributed by atoms with van der Waals surface area (Å²) in [6, 6.07) is 6.40. The first kappa shape index (κ1) is 24.4. The fourth-order valence-electron chi connectivity index (χ4n) is 3.45. The number of aliphatic hydroxyl groups is 1. The molecule has 0 amide bonds. The Morgan fingerprint density at radius 1 is 1.31 bits per heavy atom. The van der Waals surface area contributed by atoms with Gasteiger partial charge >= 0.3 is 12.6 Å². The van der Waals surface area contributed by atoms with Gasteiger partial charge in [-0.15, -0.1) is 11.8 Å². The topological polar surface area (TPSA) is 127 Å². The molecule has 1 aromatic carbocycles. The molecule has 0 radical (unpaired) electrons. The summed E-state index contributed by atoms with van der Waals surface area (Å²) in [5.74, 6) is -1.28. The molecule has 1 unspecified atom stereocenters. The number of benzene rings is 1. The van der Waals surface area contributed by atoms with Crippen LogP contribution in [0.2, 0.25) is 0 Å². The van der Waals surface area contributed by atoms with Crippen LogP contribution in [-0.4, -0.2) is 52.4 Å². The predicted molar refractivity (Wildman–Crippen MR) is 124 cm³/mol. The molecule has 184 valence electrons. The van der Waals surface area contributed by atoms with E-state index in [9.17, 15) is 23.8 Å². The number of alkyl halides is 2. The number of carboxylic acid groups (broad SMARTS) is 1. The van der Waals surface area contributed by atoms with Crippen LogP contribution >= 0.6 is 11.8 Å². The van der Waals surface area contributed by atoms with E-state index in [0.29, 0.717) is 11.2 Å². The highest BCUT2D eigenvalue weighted by molar-refractivity contribution is 7.99. The van der Waals surface area contributed by atoms with E-state index in [1.807, 2.05) is 13.8 Å². The number of aromatic nitrogens is 5. The number of halogens is 2. The van der Waals surface area contributed by atoms with Crippen LogP contribution < -0.4 is 10.1 Å². The Morgan fingerprint density at radius 2 is 2.11 bits per heavy atom. The molecule has 10 nitrogen and oxygen atoms in total. The van der Waals surface area contributed by atoms with Crippen molar-refractivity contribution in [3.05, 3.63) is 54.6 Å². The molecule has 0 saturated carbocycles. The van der Waals surface area contributed by atoms with Gasteiger partial charge in [-0.3, -0.25) is 9.48 Å². The Kier molecular flexibility index (Phi) is 7.17. The molecule has 0 bridgehead atoms. The lowest BCUT2D eigenvalue weighted by atomic mass is 10.1. The number of nitrogens with one attached hydrogen (secondary N) is 1. The first-order chi connectivity index (χ1) is 16.7. The number of ether oxygens (including phenoxy) is 1. The average Bonchev–Trinajstić information content (AvgIpc) is 3.37. The first-order valence-electron chi connectivity index (χ1n) is 10.5. The summed E-state index contributed by atoms with van der Waals surface area (Å²) in [7, 11) is 0. The number of nitrogens with zero attached hydrogens (tertiary/aromatic N) is 5. The minimum atomic E-state index is -3.08. The van der Waals surface area contributed by atoms with Crippen molar-refractivity contribution in [1.29, 1.82) is 0 Å². The van der Waals surface area contributed by atoms with E-state index in [1.54, 1.807) is 30.6 Å². The molecule has 3 aromatic heterocycles. The number of aliphatic carboxylic acids is 1. The zero-order chi connectivity index (χ0) is 25.1. The smallest absolute Gasteiger partial charge is 0.387 e. The number of anilines is 1. The monoisotopic (exact) mass is 504 g/mol. The first-order valence-corrected chi connectivity index (χ1v) is 11.4. The Balaban J connectivity index is 1.78. The quantitative estimate of drug-likeness (QED) is 0.218. The van der Waals surface area contributed by atoms with Crippen LogP contribution in [0.5, 0.6) is 5.75 Å². The summed E-state index contributed by atoms with van der Waals surface area (Å²) in [6.07, 6.45) is 4.72. The number of aliphatic hydroxyl groups excluding tert-OH is 1. The molecular weight excluding hydrogens is 482 g/mol. The summed E-state index contributed by atoms with van der Waals surface area (Å²) in [5, 5.41) is 31.7. The molecule has 1 atom stereocenters. The molecule has 0 aliphatic heterocycles. The minimum Gasteiger partial charge on any atom is -0.480 e. The van der Waals surface area contributed by atoms with E-state index >= 15 is 0 Å². The zero-order valence-electron chi connectivity index (χ0n) is 18.7. The van der Waals surface area contributed by atoms with Crippen molar-refractivity contribution in [2.24, 2.45) is 0 Å². The van der Waals surface area contributed by atoms with E-state index in [-0.39, 0.29) is 27.9 Å². The molecule has 4 aromatic rings. The standard InChI is InChI=1S/C22H22F2N6O4S/c1-12(2)35-13-4-5-17(34-22(23)24)14(8-13)19-16(10-29(28-19)11-18(31)32)27-21(33)15-9-26-30-7-3-6-25-20(15)30/h3-10,12,21-22,27,33H,11H2,1-2H3,(H,31,32). The van der Waals surface area contributed by atoms with Gasteiger partial charge in [0.2, 0.25) is 0 Å². The molecule has 3 N–H and O–H groups in total. The number of fused-ring (bicyclic) bond motifs is 1. The van der Waals surface area contributed by atoms with Crippen molar-refractivity contribution in [1.82, 2.24) is 24.4 Å². The third kappa shape index (κ3) is 5.69. The number of thioether (sulfide) groups is 1. The van der Waals surface area contributed by atoms with Crippen molar-refractivity contribution in [3.63, 3.8) is 0 Å². The highest BCUT2D eigenvalue weighted by atomic mass is 32.2. The predicted octanol–water partition coefficient (Wildman–Crippen LogP) is 3.88. The van der Waals surface area contributed by atoms with E-state index in [0.717, 1.165) is 9.58 Å². The normalized spacial score (nSPS) is 12.4. The number of carboxylic acids is 1. The Labute approximate surface area is 202 Å². The Hall–Kier alpha value is -3.71. The maximum atomic E-state index is 13.1. The zero-order valence-corrected chi connectivity index (χ0v) is 19.5. The molecule has 0 fully saturated rings.